The van der Waals surface area contributed by atoms with Crippen LogP contribution in [0.1, 0.15) is 18.0 Å². The van der Waals surface area contributed by atoms with Gasteiger partial charge in [0.05, 0.1) is 24.7 Å². The van der Waals surface area contributed by atoms with Crippen LogP contribution >= 0.6 is 10.7 Å². The quantitative estimate of drug-likeness (QED) is 0.842. The first-order valence-electron chi connectivity index (χ1n) is 5.47. The number of amides is 1. The summed E-state index contributed by atoms with van der Waals surface area (Å²) in [5.41, 5.74) is 0.568. The highest BCUT2D eigenvalue weighted by atomic mass is 35.7. The number of carbonyl (C=O) groups excluding carboxylic acids is 1. The molecule has 1 aromatic rings. The maximum atomic E-state index is 11.3. The highest BCUT2D eigenvalue weighted by Crippen LogP contribution is 2.34. The van der Waals surface area contributed by atoms with Gasteiger partial charge in [0.25, 0.3) is 9.05 Å². The molecule has 1 N–H and O–H groups in total. The maximum Gasteiger partial charge on any atom is 0.407 e. The van der Waals surface area contributed by atoms with Gasteiger partial charge in [0, 0.05) is 22.7 Å². The number of hydrogen-bond donors (Lipinski definition) is 1. The van der Waals surface area contributed by atoms with Crippen molar-refractivity contribution in [3.8, 4) is 5.75 Å². The zero-order valence-electron chi connectivity index (χ0n) is 10.1. The van der Waals surface area contributed by atoms with Crippen molar-refractivity contribution < 1.29 is 22.7 Å². The van der Waals surface area contributed by atoms with Gasteiger partial charge < -0.3 is 14.8 Å². The van der Waals surface area contributed by atoms with Crippen molar-refractivity contribution in [2.45, 2.75) is 17.4 Å². The van der Waals surface area contributed by atoms with Gasteiger partial charge in [0.15, 0.2) is 0 Å². The number of ether oxygens (including phenoxy) is 2. The number of rotatable bonds is 2. The lowest BCUT2D eigenvalue weighted by molar-refractivity contribution is 0.161. The molecule has 19 heavy (non-hydrogen) atoms. The average Bonchev–Trinajstić information content (AvgIpc) is 2.37. The standard InChI is InChI=1S/C11H12ClNO5S/c1-17-11(14)13-9-4-5-18-10-3-2-7(6-8(9)10)19(12,15)16/h2-3,6,9H,4-5H2,1H3,(H,13,14). The summed E-state index contributed by atoms with van der Waals surface area (Å²) in [6.07, 6.45) is -0.0644. The summed E-state index contributed by atoms with van der Waals surface area (Å²) in [5.74, 6) is 0.525. The van der Waals surface area contributed by atoms with E-state index in [1.807, 2.05) is 0 Å². The second-order valence-corrected chi connectivity index (χ2v) is 6.53. The number of halogens is 1. The summed E-state index contributed by atoms with van der Waals surface area (Å²) in [4.78, 5) is 11.2. The predicted molar refractivity (Wildman–Crippen MR) is 67.9 cm³/mol. The van der Waals surface area contributed by atoms with Crippen molar-refractivity contribution in [1.29, 1.82) is 0 Å². The Kier molecular flexibility index (Phi) is 3.86. The zero-order chi connectivity index (χ0) is 14.0. The molecule has 0 aromatic heterocycles. The number of nitrogens with one attached hydrogen (secondary N) is 1. The predicted octanol–water partition coefficient (Wildman–Crippen LogP) is 1.79. The fraction of sp³-hybridized carbons (Fsp3) is 0.364. The number of carbonyl (C=O) groups is 1. The highest BCUT2D eigenvalue weighted by Gasteiger charge is 2.25. The van der Waals surface area contributed by atoms with E-state index in [4.69, 9.17) is 15.4 Å². The third-order valence-electron chi connectivity index (χ3n) is 2.78. The van der Waals surface area contributed by atoms with Gasteiger partial charge in [0.2, 0.25) is 0 Å². The molecular weight excluding hydrogens is 294 g/mol. The molecule has 0 fully saturated rings. The van der Waals surface area contributed by atoms with Gasteiger partial charge in [0.1, 0.15) is 5.75 Å². The van der Waals surface area contributed by atoms with E-state index in [1.54, 1.807) is 0 Å². The fourth-order valence-electron chi connectivity index (χ4n) is 1.88. The molecular formula is C11H12ClNO5S. The molecule has 1 unspecified atom stereocenters. The minimum atomic E-state index is -3.82. The first kappa shape index (κ1) is 14.0. The third kappa shape index (κ3) is 3.10. The molecule has 104 valence electrons. The molecule has 0 aliphatic carbocycles. The molecule has 0 saturated heterocycles. The van der Waals surface area contributed by atoms with Gasteiger partial charge in [-0.05, 0) is 18.2 Å². The molecule has 1 amide bonds. The van der Waals surface area contributed by atoms with Gasteiger partial charge in [-0.1, -0.05) is 0 Å². The molecule has 1 heterocycles. The highest BCUT2D eigenvalue weighted by molar-refractivity contribution is 8.13. The van der Waals surface area contributed by atoms with Crippen LogP contribution in [0.15, 0.2) is 23.1 Å². The Labute approximate surface area is 115 Å². The summed E-state index contributed by atoms with van der Waals surface area (Å²) in [5, 5.41) is 2.62. The molecule has 0 spiro atoms. The number of methoxy groups -OCH3 is 1. The van der Waals surface area contributed by atoms with Crippen molar-refractivity contribution in [2.24, 2.45) is 0 Å². The normalized spacial score (nSPS) is 18.1. The van der Waals surface area contributed by atoms with Crippen molar-refractivity contribution >= 4 is 25.8 Å². The Morgan fingerprint density at radius 1 is 1.53 bits per heavy atom. The summed E-state index contributed by atoms with van der Waals surface area (Å²) < 4.78 is 32.6. The van der Waals surface area contributed by atoms with E-state index in [9.17, 15) is 13.2 Å². The third-order valence-corrected chi connectivity index (χ3v) is 4.13. The van der Waals surface area contributed by atoms with E-state index in [-0.39, 0.29) is 10.9 Å². The van der Waals surface area contributed by atoms with Crippen LogP contribution in [-0.2, 0) is 13.8 Å². The molecule has 0 saturated carbocycles. The molecule has 1 atom stereocenters. The molecule has 2 rings (SSSR count). The molecule has 0 bridgehead atoms. The van der Waals surface area contributed by atoms with E-state index in [0.717, 1.165) is 0 Å². The largest absolute Gasteiger partial charge is 0.493 e. The number of alkyl carbamates (subject to hydrolysis) is 1. The minimum Gasteiger partial charge on any atom is -0.493 e. The summed E-state index contributed by atoms with van der Waals surface area (Å²) >= 11 is 0. The summed E-state index contributed by atoms with van der Waals surface area (Å²) in [7, 11) is 2.74. The van der Waals surface area contributed by atoms with Gasteiger partial charge in [-0.25, -0.2) is 13.2 Å². The first-order valence-corrected chi connectivity index (χ1v) is 7.78. The van der Waals surface area contributed by atoms with Crippen molar-refractivity contribution in [2.75, 3.05) is 13.7 Å². The molecule has 0 radical (unpaired) electrons. The van der Waals surface area contributed by atoms with Crippen molar-refractivity contribution in [3.05, 3.63) is 23.8 Å². The van der Waals surface area contributed by atoms with E-state index in [0.29, 0.717) is 24.3 Å². The van der Waals surface area contributed by atoms with Crippen LogP contribution in [-0.4, -0.2) is 28.2 Å². The summed E-state index contributed by atoms with van der Waals surface area (Å²) in [6.45, 7) is 0.425. The van der Waals surface area contributed by atoms with Crippen molar-refractivity contribution in [1.82, 2.24) is 5.32 Å². The van der Waals surface area contributed by atoms with Gasteiger partial charge in [-0.3, -0.25) is 0 Å². The van der Waals surface area contributed by atoms with Crippen LogP contribution in [0.2, 0.25) is 0 Å². The maximum absolute atomic E-state index is 11.3. The Balaban J connectivity index is 2.38. The number of hydrogen-bond acceptors (Lipinski definition) is 5. The topological polar surface area (TPSA) is 81.7 Å². The lowest BCUT2D eigenvalue weighted by Crippen LogP contribution is -2.32. The number of benzene rings is 1. The van der Waals surface area contributed by atoms with Crippen LogP contribution in [0.5, 0.6) is 5.75 Å². The lowest BCUT2D eigenvalue weighted by atomic mass is 10.0. The lowest BCUT2D eigenvalue weighted by Gasteiger charge is -2.26. The van der Waals surface area contributed by atoms with Crippen LogP contribution in [0.25, 0.3) is 0 Å². The average molecular weight is 306 g/mol. The van der Waals surface area contributed by atoms with Gasteiger partial charge >= 0.3 is 6.09 Å². The fourth-order valence-corrected chi connectivity index (χ4v) is 2.66. The van der Waals surface area contributed by atoms with E-state index >= 15 is 0 Å². The van der Waals surface area contributed by atoms with E-state index in [2.05, 4.69) is 10.1 Å². The molecule has 1 aromatic carbocycles. The minimum absolute atomic E-state index is 0.0323. The molecule has 1 aliphatic heterocycles. The Morgan fingerprint density at radius 3 is 2.89 bits per heavy atom. The van der Waals surface area contributed by atoms with Crippen LogP contribution in [0.4, 0.5) is 4.79 Å². The SMILES string of the molecule is COC(=O)NC1CCOc2ccc(S(=O)(=O)Cl)cc21. The van der Waals surface area contributed by atoms with Crippen molar-refractivity contribution in [3.63, 3.8) is 0 Å². The second-order valence-electron chi connectivity index (χ2n) is 3.96. The summed E-state index contributed by atoms with van der Waals surface area (Å²) in [6, 6.07) is 3.92. The molecule has 8 heteroatoms. The van der Waals surface area contributed by atoms with Gasteiger partial charge in [-0.2, -0.15) is 0 Å². The Morgan fingerprint density at radius 2 is 2.26 bits per heavy atom. The van der Waals surface area contributed by atoms with Crippen LogP contribution in [0.3, 0.4) is 0 Å². The smallest absolute Gasteiger partial charge is 0.407 e. The zero-order valence-corrected chi connectivity index (χ0v) is 11.6. The number of fused-ring (bicyclic) bond motifs is 1. The van der Waals surface area contributed by atoms with E-state index in [1.165, 1.54) is 25.3 Å². The van der Waals surface area contributed by atoms with Crippen LogP contribution in [0, 0.1) is 0 Å². The Bertz CT molecular complexity index is 601. The van der Waals surface area contributed by atoms with E-state index < -0.39 is 15.1 Å². The monoisotopic (exact) mass is 305 g/mol. The van der Waals surface area contributed by atoms with Gasteiger partial charge in [-0.15, -0.1) is 0 Å². The second kappa shape index (κ2) is 5.26. The van der Waals surface area contributed by atoms with Crippen LogP contribution < -0.4 is 10.1 Å². The molecule has 1 aliphatic rings. The Hall–Kier alpha value is -1.47. The molecule has 6 nitrogen and oxygen atoms in total. The first-order chi connectivity index (χ1) is 8.91.